The summed E-state index contributed by atoms with van der Waals surface area (Å²) in [4.78, 5) is 10.9. The summed E-state index contributed by atoms with van der Waals surface area (Å²) in [5.74, 6) is -0.489. The Morgan fingerprint density at radius 1 is 1.44 bits per heavy atom. The number of hydrogen-bond acceptors (Lipinski definition) is 3. The second kappa shape index (κ2) is 4.12. The molecule has 0 fully saturated rings. The average molecular weight is 328 g/mol. The summed E-state index contributed by atoms with van der Waals surface area (Å²) in [7, 11) is 0. The highest BCUT2D eigenvalue weighted by Crippen LogP contribution is 2.19. The first-order chi connectivity index (χ1) is 7.58. The molecule has 0 radical (unpaired) electrons. The summed E-state index contributed by atoms with van der Waals surface area (Å²) >= 11 is 2.16. The van der Waals surface area contributed by atoms with Crippen molar-refractivity contribution in [3.8, 4) is 5.69 Å². The molecular formula is C10H9IN4O. The van der Waals surface area contributed by atoms with Gasteiger partial charge in [-0.2, -0.15) is 5.10 Å². The van der Waals surface area contributed by atoms with Crippen molar-refractivity contribution in [3.63, 3.8) is 0 Å². The molecule has 5 nitrogen and oxygen atoms in total. The van der Waals surface area contributed by atoms with E-state index in [1.165, 1.54) is 6.20 Å². The van der Waals surface area contributed by atoms with E-state index >= 15 is 0 Å². The highest BCUT2D eigenvalue weighted by atomic mass is 127. The third kappa shape index (κ3) is 2.01. The van der Waals surface area contributed by atoms with Gasteiger partial charge >= 0.3 is 0 Å². The number of carbonyl (C=O) groups excluding carboxylic acids is 1. The van der Waals surface area contributed by atoms with Gasteiger partial charge in [0.25, 0.3) is 5.91 Å². The van der Waals surface area contributed by atoms with E-state index < -0.39 is 5.91 Å². The number of nitrogen functional groups attached to an aromatic ring is 1. The second-order valence-electron chi connectivity index (χ2n) is 3.25. The summed E-state index contributed by atoms with van der Waals surface area (Å²) in [6.45, 7) is 0. The summed E-state index contributed by atoms with van der Waals surface area (Å²) in [5, 5.41) is 4.07. The third-order valence-corrected chi connectivity index (χ3v) is 2.95. The maximum atomic E-state index is 10.9. The Bertz CT molecular complexity index is 550. The first-order valence-electron chi connectivity index (χ1n) is 4.48. The smallest absolute Gasteiger partial charge is 0.251 e. The number of anilines is 1. The molecule has 0 saturated heterocycles. The molecule has 16 heavy (non-hydrogen) atoms. The number of carbonyl (C=O) groups is 1. The SMILES string of the molecule is NC(=O)c1cnn(-c2ccc(N)cc2I)c1. The molecule has 4 N–H and O–H groups in total. The lowest BCUT2D eigenvalue weighted by Crippen LogP contribution is -2.09. The number of amides is 1. The van der Waals surface area contributed by atoms with E-state index in [2.05, 4.69) is 27.7 Å². The minimum atomic E-state index is -0.489. The van der Waals surface area contributed by atoms with Crippen molar-refractivity contribution in [2.24, 2.45) is 5.73 Å². The van der Waals surface area contributed by atoms with E-state index in [4.69, 9.17) is 11.5 Å². The van der Waals surface area contributed by atoms with Crippen LogP contribution in [0.1, 0.15) is 10.4 Å². The molecule has 82 valence electrons. The zero-order valence-corrected chi connectivity index (χ0v) is 10.4. The molecule has 1 aromatic carbocycles. The molecule has 1 aromatic heterocycles. The van der Waals surface area contributed by atoms with E-state index in [-0.39, 0.29) is 0 Å². The van der Waals surface area contributed by atoms with Crippen LogP contribution in [-0.4, -0.2) is 15.7 Å². The Balaban J connectivity index is 2.46. The average Bonchev–Trinajstić information content (AvgIpc) is 2.66. The zero-order chi connectivity index (χ0) is 11.7. The van der Waals surface area contributed by atoms with Gasteiger partial charge in [-0.3, -0.25) is 4.79 Å². The predicted molar refractivity (Wildman–Crippen MR) is 69.2 cm³/mol. The van der Waals surface area contributed by atoms with Crippen LogP contribution in [0, 0.1) is 3.57 Å². The Kier molecular flexibility index (Phi) is 2.82. The number of nitrogens with two attached hydrogens (primary N) is 2. The van der Waals surface area contributed by atoms with Crippen molar-refractivity contribution in [2.75, 3.05) is 5.73 Å². The molecule has 0 unspecified atom stereocenters. The van der Waals surface area contributed by atoms with Gasteiger partial charge in [-0.15, -0.1) is 0 Å². The van der Waals surface area contributed by atoms with Crippen LogP contribution >= 0.6 is 22.6 Å². The molecule has 0 bridgehead atoms. The van der Waals surface area contributed by atoms with Crippen LogP contribution in [0.25, 0.3) is 5.69 Å². The molecule has 6 heteroatoms. The standard InChI is InChI=1S/C10H9IN4O/c11-8-3-7(12)1-2-9(8)15-5-6(4-14-15)10(13)16/h1-5H,12H2,(H2,13,16). The molecule has 2 aromatic rings. The fourth-order valence-electron chi connectivity index (χ4n) is 1.29. The number of nitrogens with zero attached hydrogens (tertiary/aromatic N) is 2. The fourth-order valence-corrected chi connectivity index (χ4v) is 2.08. The van der Waals surface area contributed by atoms with Gasteiger partial charge in [0, 0.05) is 15.5 Å². The van der Waals surface area contributed by atoms with E-state index in [0.29, 0.717) is 11.3 Å². The van der Waals surface area contributed by atoms with Gasteiger partial charge in [-0.25, -0.2) is 4.68 Å². The van der Waals surface area contributed by atoms with Gasteiger partial charge in [-0.1, -0.05) is 0 Å². The molecule has 1 amide bonds. The van der Waals surface area contributed by atoms with E-state index in [1.807, 2.05) is 12.1 Å². The number of primary amides is 1. The van der Waals surface area contributed by atoms with E-state index in [0.717, 1.165) is 9.26 Å². The van der Waals surface area contributed by atoms with Crippen LogP contribution in [0.3, 0.4) is 0 Å². The number of benzene rings is 1. The maximum Gasteiger partial charge on any atom is 0.251 e. The fraction of sp³-hybridized carbons (Fsp3) is 0. The van der Waals surface area contributed by atoms with Crippen molar-refractivity contribution < 1.29 is 4.79 Å². The Morgan fingerprint density at radius 3 is 2.75 bits per heavy atom. The minimum Gasteiger partial charge on any atom is -0.399 e. The number of rotatable bonds is 2. The zero-order valence-electron chi connectivity index (χ0n) is 8.22. The largest absolute Gasteiger partial charge is 0.399 e. The van der Waals surface area contributed by atoms with Gasteiger partial charge in [0.2, 0.25) is 0 Å². The molecule has 0 saturated carbocycles. The maximum absolute atomic E-state index is 10.9. The van der Waals surface area contributed by atoms with Crippen LogP contribution in [0.2, 0.25) is 0 Å². The number of hydrogen-bond donors (Lipinski definition) is 2. The van der Waals surface area contributed by atoms with Crippen LogP contribution in [0.15, 0.2) is 30.6 Å². The van der Waals surface area contributed by atoms with Gasteiger partial charge in [0.15, 0.2) is 0 Å². The first kappa shape index (κ1) is 10.9. The summed E-state index contributed by atoms with van der Waals surface area (Å²) < 4.78 is 2.55. The summed E-state index contributed by atoms with van der Waals surface area (Å²) in [5.41, 5.74) is 12.7. The first-order valence-corrected chi connectivity index (χ1v) is 5.55. The summed E-state index contributed by atoms with van der Waals surface area (Å²) in [6.07, 6.45) is 3.03. The van der Waals surface area contributed by atoms with Crippen molar-refractivity contribution in [1.29, 1.82) is 0 Å². The summed E-state index contributed by atoms with van der Waals surface area (Å²) in [6, 6.07) is 5.46. The Morgan fingerprint density at radius 2 is 2.19 bits per heavy atom. The molecule has 2 rings (SSSR count). The third-order valence-electron chi connectivity index (χ3n) is 2.09. The molecule has 0 aliphatic rings. The van der Waals surface area contributed by atoms with Crippen LogP contribution < -0.4 is 11.5 Å². The number of aromatic nitrogens is 2. The quantitative estimate of drug-likeness (QED) is 0.641. The topological polar surface area (TPSA) is 86.9 Å². The Labute approximate surface area is 106 Å². The molecule has 0 aliphatic heterocycles. The van der Waals surface area contributed by atoms with Crippen molar-refractivity contribution in [1.82, 2.24) is 9.78 Å². The van der Waals surface area contributed by atoms with Gasteiger partial charge in [0.05, 0.1) is 17.4 Å². The van der Waals surface area contributed by atoms with Crippen molar-refractivity contribution >= 4 is 34.2 Å². The van der Waals surface area contributed by atoms with E-state index in [1.54, 1.807) is 16.9 Å². The van der Waals surface area contributed by atoms with Gasteiger partial charge < -0.3 is 11.5 Å². The highest BCUT2D eigenvalue weighted by Gasteiger charge is 2.07. The molecule has 0 spiro atoms. The van der Waals surface area contributed by atoms with Crippen molar-refractivity contribution in [3.05, 3.63) is 39.7 Å². The highest BCUT2D eigenvalue weighted by molar-refractivity contribution is 14.1. The van der Waals surface area contributed by atoms with Crippen molar-refractivity contribution in [2.45, 2.75) is 0 Å². The normalized spacial score (nSPS) is 10.3. The lowest BCUT2D eigenvalue weighted by molar-refractivity contribution is 0.100. The lowest BCUT2D eigenvalue weighted by atomic mass is 10.3. The van der Waals surface area contributed by atoms with Gasteiger partial charge in [0.1, 0.15) is 0 Å². The molecule has 0 aliphatic carbocycles. The van der Waals surface area contributed by atoms with E-state index in [9.17, 15) is 4.79 Å². The predicted octanol–water partition coefficient (Wildman–Crippen LogP) is 1.16. The van der Waals surface area contributed by atoms with Crippen LogP contribution in [0.4, 0.5) is 5.69 Å². The molecular weight excluding hydrogens is 319 g/mol. The minimum absolute atomic E-state index is 0.382. The van der Waals surface area contributed by atoms with Gasteiger partial charge in [-0.05, 0) is 40.8 Å². The molecule has 1 heterocycles. The lowest BCUT2D eigenvalue weighted by Gasteiger charge is -2.04. The monoisotopic (exact) mass is 328 g/mol. The van der Waals surface area contributed by atoms with Crippen LogP contribution in [-0.2, 0) is 0 Å². The number of halogens is 1. The van der Waals surface area contributed by atoms with Crippen LogP contribution in [0.5, 0.6) is 0 Å². The molecule has 0 atom stereocenters. The Hall–Kier alpha value is -1.57. The second-order valence-corrected chi connectivity index (χ2v) is 4.41.